The van der Waals surface area contributed by atoms with E-state index in [-0.39, 0.29) is 6.04 Å². The number of ether oxygens (including phenoxy) is 1. The van der Waals surface area contributed by atoms with E-state index in [9.17, 15) is 0 Å². The van der Waals surface area contributed by atoms with Gasteiger partial charge in [0.2, 0.25) is 0 Å². The molecule has 1 aromatic rings. The van der Waals surface area contributed by atoms with Crippen LogP contribution in [-0.4, -0.2) is 30.8 Å². The number of anilines is 2. The maximum Gasteiger partial charge on any atom is 0.147 e. The van der Waals surface area contributed by atoms with Crippen molar-refractivity contribution >= 4 is 34.8 Å². The summed E-state index contributed by atoms with van der Waals surface area (Å²) in [5.74, 6) is 1.82. The lowest BCUT2D eigenvalue weighted by atomic mass is 10.0. The lowest BCUT2D eigenvalue weighted by molar-refractivity contribution is 0.183. The van der Waals surface area contributed by atoms with Crippen molar-refractivity contribution in [3.63, 3.8) is 0 Å². The third kappa shape index (κ3) is 3.65. The summed E-state index contributed by atoms with van der Waals surface area (Å²) in [5.41, 5.74) is 0. The molecule has 2 unspecified atom stereocenters. The SMILES string of the molecule is CCNc1nc(NC(C)C2CCOC2)c(Cl)cc1Cl. The molecule has 1 fully saturated rings. The van der Waals surface area contributed by atoms with Gasteiger partial charge in [-0.25, -0.2) is 4.98 Å². The summed E-state index contributed by atoms with van der Waals surface area (Å²) < 4.78 is 5.40. The molecule has 1 aromatic heterocycles. The van der Waals surface area contributed by atoms with Gasteiger partial charge < -0.3 is 15.4 Å². The highest BCUT2D eigenvalue weighted by molar-refractivity contribution is 6.37. The van der Waals surface area contributed by atoms with Crippen LogP contribution in [0.2, 0.25) is 10.0 Å². The molecule has 2 rings (SSSR count). The van der Waals surface area contributed by atoms with Gasteiger partial charge in [-0.1, -0.05) is 23.2 Å². The molecule has 19 heavy (non-hydrogen) atoms. The fourth-order valence-electron chi connectivity index (χ4n) is 2.14. The normalized spacial score (nSPS) is 20.3. The molecular weight excluding hydrogens is 285 g/mol. The zero-order valence-electron chi connectivity index (χ0n) is 11.2. The van der Waals surface area contributed by atoms with Crippen molar-refractivity contribution < 1.29 is 4.74 Å². The average molecular weight is 304 g/mol. The highest BCUT2D eigenvalue weighted by Gasteiger charge is 2.23. The Hall–Kier alpha value is -0.710. The first-order valence-electron chi connectivity index (χ1n) is 6.56. The minimum atomic E-state index is 0.267. The van der Waals surface area contributed by atoms with Gasteiger partial charge in [0.15, 0.2) is 0 Å². The van der Waals surface area contributed by atoms with Crippen LogP contribution in [-0.2, 0) is 4.74 Å². The van der Waals surface area contributed by atoms with Crippen LogP contribution >= 0.6 is 23.2 Å². The second-order valence-electron chi connectivity index (χ2n) is 4.74. The van der Waals surface area contributed by atoms with Crippen molar-refractivity contribution in [2.75, 3.05) is 30.4 Å². The summed E-state index contributed by atoms with van der Waals surface area (Å²) >= 11 is 12.3. The molecule has 2 atom stereocenters. The molecule has 2 N–H and O–H groups in total. The Kier molecular flexibility index (Phi) is 5.13. The summed E-state index contributed by atoms with van der Waals surface area (Å²) in [7, 11) is 0. The molecule has 4 nitrogen and oxygen atoms in total. The number of halogens is 2. The van der Waals surface area contributed by atoms with Gasteiger partial charge >= 0.3 is 0 Å². The predicted molar refractivity (Wildman–Crippen MR) is 80.4 cm³/mol. The Morgan fingerprint density at radius 1 is 1.42 bits per heavy atom. The van der Waals surface area contributed by atoms with Crippen LogP contribution in [0, 0.1) is 5.92 Å². The van der Waals surface area contributed by atoms with Crippen LogP contribution < -0.4 is 10.6 Å². The maximum absolute atomic E-state index is 6.18. The molecular formula is C13H19Cl2N3O. The number of rotatable bonds is 5. The summed E-state index contributed by atoms with van der Waals surface area (Å²) in [5, 5.41) is 7.55. The number of hydrogen-bond acceptors (Lipinski definition) is 4. The molecule has 0 aromatic carbocycles. The fraction of sp³-hybridized carbons (Fsp3) is 0.615. The van der Waals surface area contributed by atoms with Crippen molar-refractivity contribution in [1.82, 2.24) is 4.98 Å². The minimum Gasteiger partial charge on any atom is -0.381 e. The minimum absolute atomic E-state index is 0.267. The van der Waals surface area contributed by atoms with Crippen molar-refractivity contribution in [1.29, 1.82) is 0 Å². The van der Waals surface area contributed by atoms with Gasteiger partial charge in [0.1, 0.15) is 11.6 Å². The fourth-order valence-corrected chi connectivity index (χ4v) is 2.62. The third-order valence-electron chi connectivity index (χ3n) is 3.31. The first-order valence-corrected chi connectivity index (χ1v) is 7.31. The Morgan fingerprint density at radius 3 is 2.79 bits per heavy atom. The van der Waals surface area contributed by atoms with Crippen molar-refractivity contribution in [3.8, 4) is 0 Å². The number of nitrogens with zero attached hydrogens (tertiary/aromatic N) is 1. The van der Waals surface area contributed by atoms with Gasteiger partial charge in [0, 0.05) is 25.1 Å². The quantitative estimate of drug-likeness (QED) is 0.871. The molecule has 1 aliphatic heterocycles. The van der Waals surface area contributed by atoms with Crippen molar-refractivity contribution in [2.45, 2.75) is 26.3 Å². The molecule has 0 saturated carbocycles. The number of nitrogens with one attached hydrogen (secondary N) is 2. The molecule has 106 valence electrons. The van der Waals surface area contributed by atoms with Crippen LogP contribution in [0.15, 0.2) is 6.07 Å². The van der Waals surface area contributed by atoms with E-state index in [0.29, 0.717) is 27.6 Å². The van der Waals surface area contributed by atoms with E-state index < -0.39 is 0 Å². The van der Waals surface area contributed by atoms with E-state index in [1.54, 1.807) is 6.07 Å². The predicted octanol–water partition coefficient (Wildman–Crippen LogP) is 3.66. The van der Waals surface area contributed by atoms with E-state index in [4.69, 9.17) is 27.9 Å². The molecule has 6 heteroatoms. The van der Waals surface area contributed by atoms with Crippen LogP contribution in [0.25, 0.3) is 0 Å². The third-order valence-corrected chi connectivity index (χ3v) is 3.89. The number of pyridine rings is 1. The molecule has 1 aliphatic rings. The molecule has 0 bridgehead atoms. The first-order chi connectivity index (χ1) is 9.11. The molecule has 0 aliphatic carbocycles. The molecule has 2 heterocycles. The first kappa shape index (κ1) is 14.7. The van der Waals surface area contributed by atoms with E-state index in [1.165, 1.54) is 0 Å². The summed E-state index contributed by atoms with van der Waals surface area (Å²) in [6.07, 6.45) is 1.07. The number of hydrogen-bond donors (Lipinski definition) is 2. The summed E-state index contributed by atoms with van der Waals surface area (Å²) in [4.78, 5) is 4.45. The Morgan fingerprint density at radius 2 is 2.16 bits per heavy atom. The summed E-state index contributed by atoms with van der Waals surface area (Å²) in [6, 6.07) is 1.98. The zero-order chi connectivity index (χ0) is 13.8. The highest BCUT2D eigenvalue weighted by Crippen LogP contribution is 2.30. The molecule has 0 radical (unpaired) electrons. The lowest BCUT2D eigenvalue weighted by Crippen LogP contribution is -2.26. The largest absolute Gasteiger partial charge is 0.381 e. The standard InChI is InChI=1S/C13H19Cl2N3O/c1-3-16-12-10(14)6-11(15)13(18-12)17-8(2)9-4-5-19-7-9/h6,8-9H,3-5,7H2,1-2H3,(H2,16,17,18). The van der Waals surface area contributed by atoms with Crippen LogP contribution in [0.5, 0.6) is 0 Å². The van der Waals surface area contributed by atoms with Crippen LogP contribution in [0.1, 0.15) is 20.3 Å². The van der Waals surface area contributed by atoms with E-state index >= 15 is 0 Å². The molecule has 0 spiro atoms. The second-order valence-corrected chi connectivity index (χ2v) is 5.55. The van der Waals surface area contributed by atoms with Gasteiger partial charge in [-0.2, -0.15) is 0 Å². The van der Waals surface area contributed by atoms with E-state index in [0.717, 1.165) is 26.2 Å². The van der Waals surface area contributed by atoms with Gasteiger partial charge in [-0.05, 0) is 26.3 Å². The highest BCUT2D eigenvalue weighted by atomic mass is 35.5. The Labute approximate surface area is 123 Å². The molecule has 0 amide bonds. The van der Waals surface area contributed by atoms with Crippen LogP contribution in [0.4, 0.5) is 11.6 Å². The van der Waals surface area contributed by atoms with Gasteiger partial charge in [0.05, 0.1) is 16.7 Å². The zero-order valence-corrected chi connectivity index (χ0v) is 12.7. The Bertz CT molecular complexity index is 436. The summed E-state index contributed by atoms with van der Waals surface area (Å²) in [6.45, 7) is 6.51. The number of aromatic nitrogens is 1. The van der Waals surface area contributed by atoms with Crippen molar-refractivity contribution in [3.05, 3.63) is 16.1 Å². The van der Waals surface area contributed by atoms with Gasteiger partial charge in [0.25, 0.3) is 0 Å². The topological polar surface area (TPSA) is 46.2 Å². The second kappa shape index (κ2) is 6.64. The van der Waals surface area contributed by atoms with Gasteiger partial charge in [-0.15, -0.1) is 0 Å². The van der Waals surface area contributed by atoms with Gasteiger partial charge in [-0.3, -0.25) is 0 Å². The van der Waals surface area contributed by atoms with Crippen molar-refractivity contribution in [2.24, 2.45) is 5.92 Å². The average Bonchev–Trinajstić information content (AvgIpc) is 2.89. The lowest BCUT2D eigenvalue weighted by Gasteiger charge is -2.21. The van der Waals surface area contributed by atoms with E-state index in [2.05, 4.69) is 22.5 Å². The molecule has 1 saturated heterocycles. The monoisotopic (exact) mass is 303 g/mol. The Balaban J connectivity index is 2.12. The maximum atomic E-state index is 6.18. The smallest absolute Gasteiger partial charge is 0.147 e. The van der Waals surface area contributed by atoms with Crippen LogP contribution in [0.3, 0.4) is 0 Å². The van der Waals surface area contributed by atoms with E-state index in [1.807, 2.05) is 6.92 Å².